The third kappa shape index (κ3) is 5.02. The average molecular weight is 453 g/mol. The first-order chi connectivity index (χ1) is 14.6. The van der Waals surface area contributed by atoms with E-state index < -0.39 is 85.6 Å². The van der Waals surface area contributed by atoms with E-state index in [-0.39, 0.29) is 19.6 Å². The van der Waals surface area contributed by atoms with Crippen LogP contribution in [0.1, 0.15) is 6.42 Å². The molecule has 2 saturated heterocycles. The minimum Gasteiger partial charge on any atom is -0.389 e. The summed E-state index contributed by atoms with van der Waals surface area (Å²) in [6, 6.07) is -3.64. The largest absolute Gasteiger partial charge is 0.389 e. The lowest BCUT2D eigenvalue weighted by Crippen LogP contribution is -2.68. The molecule has 0 unspecified atom stereocenters. The van der Waals surface area contributed by atoms with Gasteiger partial charge in [-0.15, -0.1) is 0 Å². The molecular weight excluding hydrogens is 418 g/mol. The van der Waals surface area contributed by atoms with Crippen molar-refractivity contribution in [2.24, 2.45) is 28.7 Å². The first-order valence-corrected chi connectivity index (χ1v) is 10.3. The van der Waals surface area contributed by atoms with Gasteiger partial charge in [0, 0.05) is 18.6 Å². The third-order valence-electron chi connectivity index (χ3n) is 6.16. The Morgan fingerprint density at radius 1 is 0.742 bits per heavy atom. The highest BCUT2D eigenvalue weighted by molar-refractivity contribution is 5.01. The van der Waals surface area contributed by atoms with Gasteiger partial charge in [-0.25, -0.2) is 0 Å². The van der Waals surface area contributed by atoms with Crippen LogP contribution in [0.25, 0.3) is 0 Å². The summed E-state index contributed by atoms with van der Waals surface area (Å²) >= 11 is 0. The molecule has 3 fully saturated rings. The molecule has 3 rings (SSSR count). The Balaban J connectivity index is 1.70. The van der Waals surface area contributed by atoms with Gasteiger partial charge in [0.25, 0.3) is 0 Å². The molecule has 1 saturated carbocycles. The average Bonchev–Trinajstić information content (AvgIpc) is 2.73. The molecule has 0 bridgehead atoms. The summed E-state index contributed by atoms with van der Waals surface area (Å²) in [5.74, 6) is 0. The lowest BCUT2D eigenvalue weighted by atomic mass is 9.84. The van der Waals surface area contributed by atoms with Crippen molar-refractivity contribution in [2.45, 2.75) is 92.0 Å². The van der Waals surface area contributed by atoms with Crippen molar-refractivity contribution >= 4 is 0 Å². The molecule has 0 aromatic heterocycles. The summed E-state index contributed by atoms with van der Waals surface area (Å²) in [4.78, 5) is 0. The number of nitrogens with two attached hydrogens (primary N) is 5. The summed E-state index contributed by atoms with van der Waals surface area (Å²) in [5, 5.41) is 50.7. The maximum absolute atomic E-state index is 10.9. The number of hydrogen-bond donors (Lipinski definition) is 10. The van der Waals surface area contributed by atoms with Crippen molar-refractivity contribution in [3.05, 3.63) is 0 Å². The van der Waals surface area contributed by atoms with E-state index in [4.69, 9.17) is 47.6 Å². The van der Waals surface area contributed by atoms with Gasteiger partial charge in [-0.1, -0.05) is 0 Å². The fourth-order valence-corrected chi connectivity index (χ4v) is 4.17. The van der Waals surface area contributed by atoms with E-state index in [1.165, 1.54) is 0 Å². The minimum atomic E-state index is -1.37. The van der Waals surface area contributed by atoms with Gasteiger partial charge in [0.2, 0.25) is 0 Å². The summed E-state index contributed by atoms with van der Waals surface area (Å²) < 4.78 is 22.5. The topological polar surface area (TPSA) is 268 Å². The fourth-order valence-electron chi connectivity index (χ4n) is 4.17. The van der Waals surface area contributed by atoms with E-state index in [2.05, 4.69) is 0 Å². The molecule has 3 aliphatic rings. The third-order valence-corrected chi connectivity index (χ3v) is 6.16. The van der Waals surface area contributed by atoms with Crippen LogP contribution in [-0.4, -0.2) is 124 Å². The lowest BCUT2D eigenvalue weighted by Gasteiger charge is -2.47. The number of aliphatic hydroxyl groups is 5. The second kappa shape index (κ2) is 10.1. The molecule has 1 aliphatic carbocycles. The highest BCUT2D eigenvalue weighted by atomic mass is 16.7. The maximum Gasteiger partial charge on any atom is 0.176 e. The van der Waals surface area contributed by atoms with Gasteiger partial charge >= 0.3 is 0 Å². The molecule has 0 aromatic carbocycles. The Hall–Kier alpha value is -0.560. The highest BCUT2D eigenvalue weighted by Crippen LogP contribution is 2.30. The molecule has 2 heterocycles. The van der Waals surface area contributed by atoms with Gasteiger partial charge in [0.05, 0.1) is 18.7 Å². The van der Waals surface area contributed by atoms with Gasteiger partial charge < -0.3 is 73.1 Å². The second-order valence-corrected chi connectivity index (χ2v) is 8.43. The van der Waals surface area contributed by atoms with Gasteiger partial charge in [0.1, 0.15) is 48.8 Å². The van der Waals surface area contributed by atoms with E-state index >= 15 is 0 Å². The van der Waals surface area contributed by atoms with Gasteiger partial charge in [-0.05, 0) is 6.42 Å². The van der Waals surface area contributed by atoms with Crippen LogP contribution in [0.3, 0.4) is 0 Å². The molecular formula is C17H35N5O9. The Morgan fingerprint density at radius 2 is 1.29 bits per heavy atom. The summed E-state index contributed by atoms with van der Waals surface area (Å²) in [6.07, 6.45) is -11.6. The molecule has 0 spiro atoms. The molecule has 31 heavy (non-hydrogen) atoms. The number of rotatable bonds is 5. The van der Waals surface area contributed by atoms with E-state index in [0.29, 0.717) is 0 Å². The standard InChI is InChI=1S/C17H35N5O9/c18-2-7-11(25)12(26)9(22)17(29-7)31-15-5(20)1-4(19)14(13(15)27)30-16-8(21)10(24)6(23)3-28-16/h4-17,23-27H,1-3,18-22H2/t4-,5+,6+,7+,8+,9+,10-,11+,12+,13-,14+,15-,16-,17-/m1/s1. The quantitative estimate of drug-likeness (QED) is 0.185. The fraction of sp³-hybridized carbons (Fsp3) is 1.00. The number of ether oxygens (including phenoxy) is 4. The molecule has 0 amide bonds. The zero-order chi connectivity index (χ0) is 23.0. The smallest absolute Gasteiger partial charge is 0.176 e. The van der Waals surface area contributed by atoms with Crippen LogP contribution < -0.4 is 28.7 Å². The molecule has 0 aromatic rings. The molecule has 0 radical (unpaired) electrons. The molecule has 14 atom stereocenters. The minimum absolute atomic E-state index is 0.0915. The normalized spacial score (nSPS) is 54.0. The van der Waals surface area contributed by atoms with Crippen LogP contribution >= 0.6 is 0 Å². The molecule has 14 heteroatoms. The predicted octanol–water partition coefficient (Wildman–Crippen LogP) is -6.69. The Labute approximate surface area is 179 Å². The predicted molar refractivity (Wildman–Crippen MR) is 104 cm³/mol. The van der Waals surface area contributed by atoms with Crippen molar-refractivity contribution < 1.29 is 44.5 Å². The lowest BCUT2D eigenvalue weighted by molar-refractivity contribution is -0.302. The van der Waals surface area contributed by atoms with Crippen LogP contribution in [-0.2, 0) is 18.9 Å². The van der Waals surface area contributed by atoms with E-state index in [9.17, 15) is 25.5 Å². The first-order valence-electron chi connectivity index (χ1n) is 10.3. The van der Waals surface area contributed by atoms with Crippen LogP contribution in [0.5, 0.6) is 0 Å². The van der Waals surface area contributed by atoms with Gasteiger partial charge in [-0.2, -0.15) is 0 Å². The Bertz CT molecular complexity index is 592. The zero-order valence-electron chi connectivity index (χ0n) is 17.0. The molecule has 14 nitrogen and oxygen atoms in total. The summed E-state index contributed by atoms with van der Waals surface area (Å²) in [6.45, 7) is -0.297. The summed E-state index contributed by atoms with van der Waals surface area (Å²) in [5.41, 5.74) is 29.6. The van der Waals surface area contributed by atoms with Crippen LogP contribution in [0.2, 0.25) is 0 Å². The van der Waals surface area contributed by atoms with Crippen LogP contribution in [0, 0.1) is 0 Å². The zero-order valence-corrected chi connectivity index (χ0v) is 17.0. The van der Waals surface area contributed by atoms with Crippen molar-refractivity contribution in [3.8, 4) is 0 Å². The van der Waals surface area contributed by atoms with E-state index in [0.717, 1.165) is 0 Å². The van der Waals surface area contributed by atoms with Gasteiger partial charge in [-0.3, -0.25) is 0 Å². The Kier molecular flexibility index (Phi) is 8.21. The SMILES string of the molecule is NC[C@@H]1O[C@H](O[C@H]2[C@H](O)[C@@H](O[C@H]3OC[C@H](O)[C@@H](O)[C@@H]3N)[C@H](N)C[C@@H]2N)[C@@H](N)[C@H](O)[C@H]1O. The van der Waals surface area contributed by atoms with Crippen LogP contribution in [0.4, 0.5) is 0 Å². The number of aliphatic hydroxyl groups excluding tert-OH is 5. The maximum atomic E-state index is 10.9. The van der Waals surface area contributed by atoms with Crippen LogP contribution in [0.15, 0.2) is 0 Å². The molecule has 15 N–H and O–H groups in total. The second-order valence-electron chi connectivity index (χ2n) is 8.43. The van der Waals surface area contributed by atoms with Crippen molar-refractivity contribution in [1.82, 2.24) is 0 Å². The number of hydrogen-bond acceptors (Lipinski definition) is 14. The van der Waals surface area contributed by atoms with Crippen molar-refractivity contribution in [2.75, 3.05) is 13.2 Å². The van der Waals surface area contributed by atoms with Crippen molar-refractivity contribution in [3.63, 3.8) is 0 Å². The van der Waals surface area contributed by atoms with Crippen molar-refractivity contribution in [1.29, 1.82) is 0 Å². The summed E-state index contributed by atoms with van der Waals surface area (Å²) in [7, 11) is 0. The van der Waals surface area contributed by atoms with E-state index in [1.54, 1.807) is 0 Å². The molecule has 2 aliphatic heterocycles. The van der Waals surface area contributed by atoms with Gasteiger partial charge in [0.15, 0.2) is 12.6 Å². The monoisotopic (exact) mass is 453 g/mol. The Morgan fingerprint density at radius 3 is 1.87 bits per heavy atom. The van der Waals surface area contributed by atoms with E-state index in [1.807, 2.05) is 0 Å². The molecule has 182 valence electrons. The highest BCUT2D eigenvalue weighted by Gasteiger charge is 2.50. The first kappa shape index (κ1) is 25.1.